The Balaban J connectivity index is 1.41. The predicted molar refractivity (Wildman–Crippen MR) is 124 cm³/mol. The number of hydrogen-bond donors (Lipinski definition) is 2. The number of carbonyl (C=O) groups is 3. The van der Waals surface area contributed by atoms with Gasteiger partial charge in [0.15, 0.2) is 17.3 Å². The fourth-order valence-electron chi connectivity index (χ4n) is 5.19. The minimum atomic E-state index is -0.664. The van der Waals surface area contributed by atoms with E-state index in [-0.39, 0.29) is 47.0 Å². The number of benzene rings is 1. The third-order valence-corrected chi connectivity index (χ3v) is 6.81. The monoisotopic (exact) mass is 482 g/mol. The van der Waals surface area contributed by atoms with E-state index < -0.39 is 11.9 Å². The Morgan fingerprint density at radius 1 is 1.21 bits per heavy atom. The Labute approximate surface area is 200 Å². The van der Waals surface area contributed by atoms with Crippen molar-refractivity contribution in [2.75, 3.05) is 12.4 Å². The highest BCUT2D eigenvalue weighted by molar-refractivity contribution is 6.29. The fourth-order valence-corrected chi connectivity index (χ4v) is 5.34. The molecule has 1 aliphatic carbocycles. The first-order valence-electron chi connectivity index (χ1n) is 10.9. The van der Waals surface area contributed by atoms with Crippen LogP contribution in [0, 0.1) is 5.92 Å². The number of ether oxygens (including phenoxy) is 1. The van der Waals surface area contributed by atoms with Crippen molar-refractivity contribution >= 4 is 46.0 Å². The summed E-state index contributed by atoms with van der Waals surface area (Å²) in [6.07, 6.45) is 2.46. The number of carbonyl (C=O) groups excluding carboxylic acids is 3. The second-order valence-corrected chi connectivity index (χ2v) is 8.92. The molecule has 176 valence electrons. The first-order chi connectivity index (χ1) is 16.4. The van der Waals surface area contributed by atoms with Gasteiger partial charge in [-0.2, -0.15) is 5.10 Å². The second-order valence-electron chi connectivity index (χ2n) is 8.53. The van der Waals surface area contributed by atoms with Gasteiger partial charge in [-0.05, 0) is 43.4 Å². The van der Waals surface area contributed by atoms with E-state index in [1.54, 1.807) is 41.3 Å². The summed E-state index contributed by atoms with van der Waals surface area (Å²) in [7, 11) is 1.47. The van der Waals surface area contributed by atoms with E-state index in [1.807, 2.05) is 0 Å². The topological polar surface area (TPSA) is 132 Å². The minimum absolute atomic E-state index is 0.0279. The summed E-state index contributed by atoms with van der Waals surface area (Å²) in [5, 5.41) is 7.87. The number of piperidine rings is 1. The number of rotatable bonds is 6. The molecule has 1 aliphatic heterocycles. The van der Waals surface area contributed by atoms with Crippen LogP contribution in [-0.4, -0.2) is 56.6 Å². The molecular weight excluding hydrogens is 460 g/mol. The SMILES string of the molecule is COc1ccc(Cl)nc1NC(=O)[C@@H]1[C@H]2CC[C@H](C2)N1C(=O)Cn1nc(C(N)=O)c2ccccc21. The molecule has 0 spiro atoms. The lowest BCUT2D eigenvalue weighted by atomic mass is 9.97. The number of hydrogen-bond acceptors (Lipinski definition) is 6. The number of aromatic nitrogens is 3. The van der Waals surface area contributed by atoms with Crippen molar-refractivity contribution < 1.29 is 19.1 Å². The van der Waals surface area contributed by atoms with Crippen LogP contribution in [0.3, 0.4) is 0 Å². The predicted octanol–water partition coefficient (Wildman–Crippen LogP) is 2.21. The van der Waals surface area contributed by atoms with E-state index in [1.165, 1.54) is 11.8 Å². The van der Waals surface area contributed by atoms with E-state index in [0.29, 0.717) is 16.7 Å². The van der Waals surface area contributed by atoms with Crippen molar-refractivity contribution in [1.82, 2.24) is 19.7 Å². The van der Waals surface area contributed by atoms with Crippen molar-refractivity contribution in [3.8, 4) is 5.75 Å². The number of nitrogens with zero attached hydrogens (tertiary/aromatic N) is 4. The quantitative estimate of drug-likeness (QED) is 0.517. The van der Waals surface area contributed by atoms with Crippen LogP contribution < -0.4 is 15.8 Å². The summed E-state index contributed by atoms with van der Waals surface area (Å²) in [6.45, 7) is -0.112. The molecule has 1 saturated carbocycles. The van der Waals surface area contributed by atoms with Gasteiger partial charge in [0, 0.05) is 11.4 Å². The number of primary amides is 1. The van der Waals surface area contributed by atoms with Crippen LogP contribution in [0.15, 0.2) is 36.4 Å². The highest BCUT2D eigenvalue weighted by atomic mass is 35.5. The molecule has 3 N–H and O–H groups in total. The van der Waals surface area contributed by atoms with Crippen molar-refractivity contribution in [3.05, 3.63) is 47.2 Å². The van der Waals surface area contributed by atoms with Gasteiger partial charge in [0.2, 0.25) is 11.8 Å². The average molecular weight is 483 g/mol. The molecule has 34 heavy (non-hydrogen) atoms. The molecular formula is C23H23ClN6O4. The summed E-state index contributed by atoms with van der Waals surface area (Å²) < 4.78 is 6.75. The van der Waals surface area contributed by atoms with E-state index in [9.17, 15) is 14.4 Å². The number of nitrogens with one attached hydrogen (secondary N) is 1. The molecule has 3 aromatic rings. The summed E-state index contributed by atoms with van der Waals surface area (Å²) in [5.74, 6) is -0.614. The van der Waals surface area contributed by atoms with Crippen LogP contribution in [0.4, 0.5) is 5.82 Å². The lowest BCUT2D eigenvalue weighted by molar-refractivity contribution is -0.141. The zero-order chi connectivity index (χ0) is 24.0. The van der Waals surface area contributed by atoms with Crippen molar-refractivity contribution in [2.24, 2.45) is 11.7 Å². The van der Waals surface area contributed by atoms with E-state index in [0.717, 1.165) is 19.3 Å². The van der Waals surface area contributed by atoms with Gasteiger partial charge >= 0.3 is 0 Å². The molecule has 2 bridgehead atoms. The standard InChI is InChI=1S/C23H23ClN6O4/c1-34-16-8-9-17(24)26-22(16)27-23(33)20-12-6-7-13(10-12)30(20)18(31)11-29-15-5-3-2-4-14(15)19(28-29)21(25)32/h2-5,8-9,12-13,20H,6-7,10-11H2,1H3,(H2,25,32)(H,26,27,33)/t12-,13+,20-/m0/s1. The number of anilines is 1. The third-order valence-electron chi connectivity index (χ3n) is 6.60. The van der Waals surface area contributed by atoms with Crippen LogP contribution >= 0.6 is 11.6 Å². The molecule has 1 saturated heterocycles. The number of amides is 3. The third kappa shape index (κ3) is 3.73. The summed E-state index contributed by atoms with van der Waals surface area (Å²) in [5.41, 5.74) is 6.21. The maximum atomic E-state index is 13.5. The minimum Gasteiger partial charge on any atom is -0.493 e. The van der Waals surface area contributed by atoms with Gasteiger partial charge in [-0.25, -0.2) is 4.98 Å². The number of halogens is 1. The molecule has 2 aromatic heterocycles. The van der Waals surface area contributed by atoms with Gasteiger partial charge < -0.3 is 20.7 Å². The fraction of sp³-hybridized carbons (Fsp3) is 0.348. The van der Waals surface area contributed by atoms with Crippen LogP contribution in [0.1, 0.15) is 29.8 Å². The Morgan fingerprint density at radius 2 is 2.00 bits per heavy atom. The molecule has 5 rings (SSSR count). The Hall–Kier alpha value is -3.66. The molecule has 3 heterocycles. The molecule has 0 unspecified atom stereocenters. The molecule has 2 fully saturated rings. The molecule has 3 atom stereocenters. The number of pyridine rings is 1. The van der Waals surface area contributed by atoms with Crippen LogP contribution in [0.5, 0.6) is 5.75 Å². The lowest BCUT2D eigenvalue weighted by Gasteiger charge is -2.34. The molecule has 2 aliphatic rings. The van der Waals surface area contributed by atoms with Crippen molar-refractivity contribution in [2.45, 2.75) is 37.9 Å². The van der Waals surface area contributed by atoms with E-state index >= 15 is 0 Å². The first-order valence-corrected chi connectivity index (χ1v) is 11.3. The summed E-state index contributed by atoms with van der Waals surface area (Å²) in [6, 6.07) is 9.61. The normalized spacial score (nSPS) is 21.1. The lowest BCUT2D eigenvalue weighted by Crippen LogP contribution is -2.52. The highest BCUT2D eigenvalue weighted by Gasteiger charge is 2.51. The zero-order valence-electron chi connectivity index (χ0n) is 18.4. The summed E-state index contributed by atoms with van der Waals surface area (Å²) in [4.78, 5) is 44.5. The molecule has 3 amide bonds. The Kier molecular flexibility index (Phi) is 5.60. The average Bonchev–Trinajstić information content (AvgIpc) is 3.53. The molecule has 1 aromatic carbocycles. The van der Waals surface area contributed by atoms with Crippen molar-refractivity contribution in [1.29, 1.82) is 0 Å². The largest absolute Gasteiger partial charge is 0.493 e. The number of para-hydroxylation sites is 1. The second kappa shape index (κ2) is 8.60. The van der Waals surface area contributed by atoms with Gasteiger partial charge in [-0.3, -0.25) is 19.1 Å². The van der Waals surface area contributed by atoms with Gasteiger partial charge in [-0.15, -0.1) is 0 Å². The number of fused-ring (bicyclic) bond motifs is 3. The smallest absolute Gasteiger partial charge is 0.269 e. The van der Waals surface area contributed by atoms with Gasteiger partial charge in [0.1, 0.15) is 17.7 Å². The number of nitrogens with two attached hydrogens (primary N) is 1. The van der Waals surface area contributed by atoms with Crippen LogP contribution in [0.2, 0.25) is 5.15 Å². The van der Waals surface area contributed by atoms with E-state index in [4.69, 9.17) is 22.1 Å². The highest BCUT2D eigenvalue weighted by Crippen LogP contribution is 2.43. The molecule has 0 radical (unpaired) electrons. The zero-order valence-corrected chi connectivity index (χ0v) is 19.2. The Morgan fingerprint density at radius 3 is 2.76 bits per heavy atom. The Bertz CT molecular complexity index is 1310. The molecule has 10 nitrogen and oxygen atoms in total. The maximum absolute atomic E-state index is 13.5. The summed E-state index contributed by atoms with van der Waals surface area (Å²) >= 11 is 6.00. The maximum Gasteiger partial charge on any atom is 0.269 e. The molecule has 11 heteroatoms. The van der Waals surface area contributed by atoms with Gasteiger partial charge in [0.25, 0.3) is 5.91 Å². The van der Waals surface area contributed by atoms with Gasteiger partial charge in [0.05, 0.1) is 12.6 Å². The van der Waals surface area contributed by atoms with E-state index in [2.05, 4.69) is 15.4 Å². The van der Waals surface area contributed by atoms with Crippen molar-refractivity contribution in [3.63, 3.8) is 0 Å². The van der Waals surface area contributed by atoms with Gasteiger partial charge in [-0.1, -0.05) is 29.8 Å². The van der Waals surface area contributed by atoms with Crippen LogP contribution in [-0.2, 0) is 16.1 Å². The number of methoxy groups -OCH3 is 1. The first kappa shape index (κ1) is 22.1. The number of likely N-dealkylation sites (tertiary alicyclic amines) is 1. The van der Waals surface area contributed by atoms with Crippen LogP contribution in [0.25, 0.3) is 10.9 Å².